The molecule has 2 aliphatic heterocycles. The Hall–Kier alpha value is -3.38. The maximum absolute atomic E-state index is 13.9. The third-order valence-electron chi connectivity index (χ3n) is 6.64. The molecule has 0 aliphatic carbocycles. The van der Waals surface area contributed by atoms with E-state index in [1.807, 2.05) is 30.6 Å². The van der Waals surface area contributed by atoms with E-state index in [-0.39, 0.29) is 22.4 Å². The Bertz CT molecular complexity index is 1420. The maximum Gasteiger partial charge on any atom is 0.410 e. The van der Waals surface area contributed by atoms with Gasteiger partial charge >= 0.3 is 12.5 Å². The fraction of sp³-hybridized carbons (Fsp3) is 0.407. The number of anilines is 1. The number of aromatic nitrogens is 2. The van der Waals surface area contributed by atoms with Crippen LogP contribution in [0.2, 0.25) is 5.02 Å². The Balaban J connectivity index is 1.28. The molecule has 0 bridgehead atoms. The molecule has 2 aliphatic rings. The standard InChI is InChI=1S/C27H27ClF3N5O3S/c1-26(2,3)39-25(37)35-14-27(15-35)12-34(13-27)24(40)36(18-8-9-20(29)19(28)10-18)11-16-4-6-17(7-5-16)22-32-33-23(38-22)21(30)31/h4-10,21H,11-15H2,1-3H3. The van der Waals surface area contributed by atoms with Crippen LogP contribution in [-0.2, 0) is 11.3 Å². The highest BCUT2D eigenvalue weighted by Crippen LogP contribution is 2.41. The van der Waals surface area contributed by atoms with E-state index in [1.54, 1.807) is 35.2 Å². The first-order valence-corrected chi connectivity index (χ1v) is 13.3. The molecule has 0 atom stereocenters. The first-order valence-electron chi connectivity index (χ1n) is 12.5. The molecule has 0 radical (unpaired) electrons. The van der Waals surface area contributed by atoms with Crippen LogP contribution in [0.3, 0.4) is 0 Å². The number of halogens is 4. The van der Waals surface area contributed by atoms with E-state index in [2.05, 4.69) is 10.2 Å². The number of nitrogens with zero attached hydrogens (tertiary/aromatic N) is 5. The molecule has 1 aromatic heterocycles. The molecule has 0 saturated carbocycles. The molecule has 2 saturated heterocycles. The largest absolute Gasteiger partial charge is 0.444 e. The van der Waals surface area contributed by atoms with Crippen molar-refractivity contribution in [1.82, 2.24) is 20.0 Å². The molecule has 5 rings (SSSR count). The minimum Gasteiger partial charge on any atom is -0.444 e. The van der Waals surface area contributed by atoms with Crippen molar-refractivity contribution in [1.29, 1.82) is 0 Å². The third kappa shape index (κ3) is 5.87. The summed E-state index contributed by atoms with van der Waals surface area (Å²) in [6, 6.07) is 11.4. The second-order valence-electron chi connectivity index (χ2n) is 11.1. The average Bonchev–Trinajstić information content (AvgIpc) is 3.32. The zero-order valence-corrected chi connectivity index (χ0v) is 23.6. The van der Waals surface area contributed by atoms with E-state index < -0.39 is 23.7 Å². The number of rotatable bonds is 5. The van der Waals surface area contributed by atoms with E-state index in [0.717, 1.165) is 5.56 Å². The van der Waals surface area contributed by atoms with Gasteiger partial charge in [-0.2, -0.15) is 8.78 Å². The Morgan fingerprint density at radius 3 is 2.35 bits per heavy atom. The second-order valence-corrected chi connectivity index (χ2v) is 11.9. The topological polar surface area (TPSA) is 74.9 Å². The molecule has 2 aromatic carbocycles. The van der Waals surface area contributed by atoms with Gasteiger partial charge in [-0.05, 0) is 68.9 Å². The lowest BCUT2D eigenvalue weighted by Gasteiger charge is -2.61. The SMILES string of the molecule is CC(C)(C)OC(=O)N1CC2(C1)CN(C(=S)N(Cc1ccc(-c3nnc(C(F)F)o3)cc1)c1ccc(F)c(Cl)c1)C2. The van der Waals surface area contributed by atoms with Crippen LogP contribution < -0.4 is 4.90 Å². The molecule has 0 unspecified atom stereocenters. The molecule has 212 valence electrons. The molecular weight excluding hydrogens is 567 g/mol. The molecule has 0 N–H and O–H groups in total. The average molecular weight is 594 g/mol. The molecule has 3 aromatic rings. The number of carbonyl (C=O) groups excluding carboxylic acids is 1. The molecule has 3 heterocycles. The summed E-state index contributed by atoms with van der Waals surface area (Å²) in [6.07, 6.45) is -3.17. The minimum atomic E-state index is -2.85. The Kier molecular flexibility index (Phi) is 7.43. The van der Waals surface area contributed by atoms with Crippen molar-refractivity contribution in [2.45, 2.75) is 39.3 Å². The normalized spacial score (nSPS) is 16.1. The summed E-state index contributed by atoms with van der Waals surface area (Å²) in [6.45, 7) is 8.35. The van der Waals surface area contributed by atoms with Gasteiger partial charge < -0.3 is 23.9 Å². The van der Waals surface area contributed by atoms with Gasteiger partial charge in [0, 0.05) is 42.8 Å². The number of thiocarbonyl (C=S) groups is 1. The van der Waals surface area contributed by atoms with E-state index >= 15 is 0 Å². The van der Waals surface area contributed by atoms with Crippen molar-refractivity contribution < 1.29 is 27.1 Å². The molecule has 2 fully saturated rings. The van der Waals surface area contributed by atoms with Crippen LogP contribution in [0, 0.1) is 11.2 Å². The summed E-state index contributed by atoms with van der Waals surface area (Å²) in [4.78, 5) is 17.9. The van der Waals surface area contributed by atoms with Gasteiger partial charge in [-0.1, -0.05) is 23.7 Å². The van der Waals surface area contributed by atoms with E-state index in [0.29, 0.717) is 49.1 Å². The number of amides is 1. The lowest BCUT2D eigenvalue weighted by atomic mass is 9.73. The summed E-state index contributed by atoms with van der Waals surface area (Å²) in [5, 5.41) is 7.54. The number of hydrogen-bond donors (Lipinski definition) is 0. The highest BCUT2D eigenvalue weighted by Gasteiger charge is 2.55. The van der Waals surface area contributed by atoms with Gasteiger partial charge in [0.25, 0.3) is 5.89 Å². The molecule has 13 heteroatoms. The molecule has 8 nitrogen and oxygen atoms in total. The fourth-order valence-corrected chi connectivity index (χ4v) is 5.26. The van der Waals surface area contributed by atoms with Crippen LogP contribution in [0.15, 0.2) is 46.9 Å². The monoisotopic (exact) mass is 593 g/mol. The minimum absolute atomic E-state index is 0.00801. The number of hydrogen-bond acceptors (Lipinski definition) is 6. The highest BCUT2D eigenvalue weighted by atomic mass is 35.5. The van der Waals surface area contributed by atoms with Crippen LogP contribution in [0.5, 0.6) is 0 Å². The molecular formula is C27H27ClF3N5O3S. The predicted molar refractivity (Wildman–Crippen MR) is 147 cm³/mol. The summed E-state index contributed by atoms with van der Waals surface area (Å²) < 4.78 is 50.0. The van der Waals surface area contributed by atoms with Gasteiger partial charge in [-0.15, -0.1) is 10.2 Å². The fourth-order valence-electron chi connectivity index (χ4n) is 4.79. The van der Waals surface area contributed by atoms with Crippen molar-refractivity contribution in [2.24, 2.45) is 5.41 Å². The number of alkyl halides is 2. The Morgan fingerprint density at radius 1 is 1.12 bits per heavy atom. The summed E-state index contributed by atoms with van der Waals surface area (Å²) in [5.41, 5.74) is 1.35. The number of likely N-dealkylation sites (tertiary alicyclic amines) is 2. The molecule has 40 heavy (non-hydrogen) atoms. The molecule has 1 amide bonds. The first kappa shape index (κ1) is 28.2. The summed E-state index contributed by atoms with van der Waals surface area (Å²) in [5.74, 6) is -1.29. The van der Waals surface area contributed by atoms with Crippen molar-refractivity contribution in [3.8, 4) is 11.5 Å². The van der Waals surface area contributed by atoms with Crippen LogP contribution in [0.25, 0.3) is 11.5 Å². The van der Waals surface area contributed by atoms with Gasteiger partial charge in [-0.25, -0.2) is 9.18 Å². The van der Waals surface area contributed by atoms with Gasteiger partial charge in [0.2, 0.25) is 5.89 Å². The zero-order chi connectivity index (χ0) is 28.8. The quantitative estimate of drug-likeness (QED) is 0.319. The van der Waals surface area contributed by atoms with E-state index in [4.69, 9.17) is 33.0 Å². The van der Waals surface area contributed by atoms with Gasteiger partial charge in [0.15, 0.2) is 5.11 Å². The van der Waals surface area contributed by atoms with Crippen LogP contribution in [0.4, 0.5) is 23.7 Å². The van der Waals surface area contributed by atoms with Crippen molar-refractivity contribution in [2.75, 3.05) is 31.1 Å². The van der Waals surface area contributed by atoms with Crippen molar-refractivity contribution in [3.05, 3.63) is 64.8 Å². The summed E-state index contributed by atoms with van der Waals surface area (Å²) in [7, 11) is 0. The molecule has 1 spiro atoms. The van der Waals surface area contributed by atoms with E-state index in [1.165, 1.54) is 12.1 Å². The van der Waals surface area contributed by atoms with Crippen LogP contribution in [0.1, 0.15) is 38.7 Å². The zero-order valence-electron chi connectivity index (χ0n) is 22.0. The maximum atomic E-state index is 13.9. The van der Waals surface area contributed by atoms with Crippen LogP contribution in [-0.4, -0.2) is 63.0 Å². The van der Waals surface area contributed by atoms with Gasteiger partial charge in [-0.3, -0.25) is 0 Å². The lowest BCUT2D eigenvalue weighted by molar-refractivity contribution is -0.0884. The van der Waals surface area contributed by atoms with E-state index in [9.17, 15) is 18.0 Å². The summed E-state index contributed by atoms with van der Waals surface area (Å²) >= 11 is 12.0. The lowest BCUT2D eigenvalue weighted by Crippen LogP contribution is -2.74. The van der Waals surface area contributed by atoms with Crippen LogP contribution >= 0.6 is 23.8 Å². The van der Waals surface area contributed by atoms with Gasteiger partial charge in [0.05, 0.1) is 11.6 Å². The smallest absolute Gasteiger partial charge is 0.410 e. The van der Waals surface area contributed by atoms with Crippen molar-refractivity contribution in [3.63, 3.8) is 0 Å². The van der Waals surface area contributed by atoms with Gasteiger partial charge in [0.1, 0.15) is 11.4 Å². The second kappa shape index (κ2) is 10.5. The Morgan fingerprint density at radius 2 is 1.77 bits per heavy atom. The first-order chi connectivity index (χ1) is 18.8. The number of benzene rings is 2. The van der Waals surface area contributed by atoms with Crippen molar-refractivity contribution >= 4 is 40.7 Å². The predicted octanol–water partition coefficient (Wildman–Crippen LogP) is 6.31. The number of ether oxygens (including phenoxy) is 1. The highest BCUT2D eigenvalue weighted by molar-refractivity contribution is 7.80. The third-order valence-corrected chi connectivity index (χ3v) is 7.41. The Labute approximate surface area is 239 Å². The number of carbonyl (C=O) groups is 1.